The van der Waals surface area contributed by atoms with E-state index in [1.807, 2.05) is 0 Å². The molecule has 34 heavy (non-hydrogen) atoms. The summed E-state index contributed by atoms with van der Waals surface area (Å²) in [5, 5.41) is 11.2. The summed E-state index contributed by atoms with van der Waals surface area (Å²) in [5.74, 6) is -11.7. The van der Waals surface area contributed by atoms with Crippen LogP contribution in [0.5, 0.6) is 0 Å². The Morgan fingerprint density at radius 1 is 1.12 bits per heavy atom. The van der Waals surface area contributed by atoms with E-state index in [4.69, 9.17) is 23.2 Å². The van der Waals surface area contributed by atoms with Crippen LogP contribution in [0.1, 0.15) is 16.8 Å². The van der Waals surface area contributed by atoms with Crippen molar-refractivity contribution < 1.29 is 39.5 Å². The van der Waals surface area contributed by atoms with Crippen molar-refractivity contribution in [2.45, 2.75) is 29.9 Å². The van der Waals surface area contributed by atoms with Crippen molar-refractivity contribution in [2.75, 3.05) is 14.1 Å². The topological polar surface area (TPSA) is 57.2 Å². The quantitative estimate of drug-likeness (QED) is 0.264. The van der Waals surface area contributed by atoms with Crippen LogP contribution in [-0.2, 0) is 11.6 Å². The van der Waals surface area contributed by atoms with Gasteiger partial charge in [0.2, 0.25) is 5.41 Å². The number of rotatable bonds is 5. The smallest absolute Gasteiger partial charge is 0.369 e. The number of nitriles is 1. The van der Waals surface area contributed by atoms with Gasteiger partial charge in [-0.1, -0.05) is 23.2 Å². The van der Waals surface area contributed by atoms with Crippen molar-refractivity contribution in [1.82, 2.24) is 14.7 Å². The second-order valence-electron chi connectivity index (χ2n) is 7.32. The zero-order valence-electron chi connectivity index (χ0n) is 16.7. The van der Waals surface area contributed by atoms with Crippen LogP contribution in [0.25, 0.3) is 5.69 Å². The first-order valence-electron chi connectivity index (χ1n) is 8.81. The van der Waals surface area contributed by atoms with Crippen molar-refractivity contribution in [3.05, 3.63) is 39.0 Å². The Hall–Kier alpha value is -2.66. The number of aliphatic imine (C=N–C) groups is 1. The highest BCUT2D eigenvalue weighted by Gasteiger charge is 3.01. The molecule has 0 bridgehead atoms. The largest absolute Gasteiger partial charge is 0.416 e. The summed E-state index contributed by atoms with van der Waals surface area (Å²) >= 11 is 11.8. The summed E-state index contributed by atoms with van der Waals surface area (Å²) in [6, 6.07) is 1.90. The first kappa shape index (κ1) is 26.0. The monoisotopic (exact) mass is 537 g/mol. The maximum absolute atomic E-state index is 14.2. The lowest BCUT2D eigenvalue weighted by Gasteiger charge is -2.16. The number of aromatic nitrogens is 2. The molecule has 0 atom stereocenters. The Morgan fingerprint density at radius 2 is 1.62 bits per heavy atom. The van der Waals surface area contributed by atoms with E-state index in [1.165, 1.54) is 20.2 Å². The van der Waals surface area contributed by atoms with Crippen molar-refractivity contribution in [3.8, 4) is 11.8 Å². The molecule has 1 aromatic carbocycles. The van der Waals surface area contributed by atoms with Crippen molar-refractivity contribution in [1.29, 1.82) is 5.26 Å². The standard InChI is InChI=1S/C18H10Cl2F9N5/c1-33(2)6-31-13-11(15(14(21)22)17(26,27)18(15,28)29)10(5-30)32-34(13)12-8(19)3-7(4-9(12)20)16(23,24)25/h3-4,6,14H,1-2H3/b31-6-. The molecule has 0 unspecified atom stereocenters. The summed E-state index contributed by atoms with van der Waals surface area (Å²) in [7, 11) is 2.69. The van der Waals surface area contributed by atoms with Gasteiger partial charge in [0.05, 0.1) is 27.5 Å². The molecule has 0 amide bonds. The van der Waals surface area contributed by atoms with E-state index in [9.17, 15) is 44.8 Å². The third-order valence-corrected chi connectivity index (χ3v) is 5.55. The molecule has 0 spiro atoms. The molecule has 5 nitrogen and oxygen atoms in total. The summed E-state index contributed by atoms with van der Waals surface area (Å²) in [4.78, 5) is 4.79. The number of halogens is 11. The Bertz CT molecular complexity index is 1170. The number of alkyl halides is 9. The molecule has 1 saturated carbocycles. The Balaban J connectivity index is 2.45. The summed E-state index contributed by atoms with van der Waals surface area (Å²) in [5.41, 5.74) is -9.41. The van der Waals surface area contributed by atoms with Crippen LogP contribution in [0, 0.1) is 11.3 Å². The van der Waals surface area contributed by atoms with E-state index in [2.05, 4.69) is 10.1 Å². The normalized spacial score (nSPS) is 18.4. The van der Waals surface area contributed by atoms with Gasteiger partial charge in [-0.05, 0) is 12.1 Å². The number of nitrogens with zero attached hydrogens (tertiary/aromatic N) is 5. The van der Waals surface area contributed by atoms with E-state index in [0.29, 0.717) is 16.8 Å². The first-order chi connectivity index (χ1) is 15.5. The lowest BCUT2D eigenvalue weighted by molar-refractivity contribution is -0.137. The zero-order chi connectivity index (χ0) is 26.0. The lowest BCUT2D eigenvalue weighted by atomic mass is 9.94. The molecule has 0 saturated heterocycles. The molecule has 0 aliphatic heterocycles. The molecule has 16 heteroatoms. The van der Waals surface area contributed by atoms with Gasteiger partial charge < -0.3 is 4.90 Å². The molecule has 1 heterocycles. The summed E-state index contributed by atoms with van der Waals surface area (Å²) in [6.45, 7) is 0. The van der Waals surface area contributed by atoms with Crippen molar-refractivity contribution >= 4 is 35.4 Å². The highest BCUT2D eigenvalue weighted by molar-refractivity contribution is 6.38. The minimum atomic E-state index is -5.30. The Kier molecular flexibility index (Phi) is 6.06. The van der Waals surface area contributed by atoms with Crippen LogP contribution in [0.4, 0.5) is 45.3 Å². The molecule has 1 aromatic heterocycles. The molecule has 184 valence electrons. The minimum absolute atomic E-state index is 0.299. The number of hydrogen-bond donors (Lipinski definition) is 0. The summed E-state index contributed by atoms with van der Waals surface area (Å²) < 4.78 is 124. The van der Waals surface area contributed by atoms with Crippen LogP contribution in [-0.4, -0.2) is 53.4 Å². The van der Waals surface area contributed by atoms with E-state index in [0.717, 1.165) is 11.2 Å². The summed E-state index contributed by atoms with van der Waals surface area (Å²) in [6.07, 6.45) is -8.49. The van der Waals surface area contributed by atoms with Crippen LogP contribution in [0.15, 0.2) is 17.1 Å². The van der Waals surface area contributed by atoms with Gasteiger partial charge in [0.1, 0.15) is 11.8 Å². The molecule has 2 aromatic rings. The van der Waals surface area contributed by atoms with Crippen molar-refractivity contribution in [2.24, 2.45) is 4.99 Å². The second kappa shape index (κ2) is 7.94. The minimum Gasteiger partial charge on any atom is -0.369 e. The average Bonchev–Trinajstić information content (AvgIpc) is 2.92. The van der Waals surface area contributed by atoms with Crippen LogP contribution >= 0.6 is 23.2 Å². The zero-order valence-corrected chi connectivity index (χ0v) is 18.2. The number of hydrogen-bond acceptors (Lipinski definition) is 3. The third kappa shape index (κ3) is 3.39. The van der Waals surface area contributed by atoms with Gasteiger partial charge in [-0.25, -0.2) is 18.5 Å². The highest BCUT2D eigenvalue weighted by Crippen LogP contribution is 2.76. The Labute approximate surface area is 195 Å². The SMILES string of the molecule is CN(C)/C=N\c1c(C2(C(F)F)C(F)(F)C2(F)F)c(C#N)nn1-c1c(Cl)cc(C(F)(F)F)cc1Cl. The van der Waals surface area contributed by atoms with Gasteiger partial charge in [0, 0.05) is 14.1 Å². The maximum atomic E-state index is 14.2. The van der Waals surface area contributed by atoms with Gasteiger partial charge in [-0.15, -0.1) is 0 Å². The third-order valence-electron chi connectivity index (χ3n) is 4.98. The van der Waals surface area contributed by atoms with Crippen LogP contribution < -0.4 is 0 Å². The molecule has 3 rings (SSSR count). The van der Waals surface area contributed by atoms with Gasteiger partial charge >= 0.3 is 18.0 Å². The van der Waals surface area contributed by atoms with Gasteiger partial charge in [0.25, 0.3) is 6.43 Å². The fourth-order valence-electron chi connectivity index (χ4n) is 3.36. The fourth-order valence-corrected chi connectivity index (χ4v) is 4.01. The predicted octanol–water partition coefficient (Wildman–Crippen LogP) is 6.08. The fraction of sp³-hybridized carbons (Fsp3) is 0.389. The molecule has 0 radical (unpaired) electrons. The van der Waals surface area contributed by atoms with E-state index >= 15 is 0 Å². The average molecular weight is 538 g/mol. The van der Waals surface area contributed by atoms with Crippen LogP contribution in [0.3, 0.4) is 0 Å². The first-order valence-corrected chi connectivity index (χ1v) is 9.57. The molecular formula is C18H10Cl2F9N5. The highest BCUT2D eigenvalue weighted by atomic mass is 35.5. The second-order valence-corrected chi connectivity index (χ2v) is 8.14. The molecule has 1 aliphatic carbocycles. The predicted molar refractivity (Wildman–Crippen MR) is 103 cm³/mol. The van der Waals surface area contributed by atoms with Crippen LogP contribution in [0.2, 0.25) is 10.0 Å². The van der Waals surface area contributed by atoms with Crippen molar-refractivity contribution in [3.63, 3.8) is 0 Å². The van der Waals surface area contributed by atoms with E-state index in [1.54, 1.807) is 0 Å². The molecule has 1 aliphatic rings. The Morgan fingerprint density at radius 3 is 1.97 bits per heavy atom. The van der Waals surface area contributed by atoms with Gasteiger partial charge in [-0.2, -0.15) is 41.1 Å². The number of benzene rings is 1. The lowest BCUT2D eigenvalue weighted by Crippen LogP contribution is -2.29. The van der Waals surface area contributed by atoms with E-state index < -0.39 is 68.2 Å². The maximum Gasteiger partial charge on any atom is 0.416 e. The molecule has 1 fully saturated rings. The van der Waals surface area contributed by atoms with E-state index in [-0.39, 0.29) is 0 Å². The van der Waals surface area contributed by atoms with Gasteiger partial charge in [0.15, 0.2) is 11.5 Å². The molecular weight excluding hydrogens is 528 g/mol. The molecule has 0 N–H and O–H groups in total. The van der Waals surface area contributed by atoms with Gasteiger partial charge in [-0.3, -0.25) is 0 Å².